The van der Waals surface area contributed by atoms with E-state index in [4.69, 9.17) is 4.74 Å². The minimum atomic E-state index is -1.14. The highest BCUT2D eigenvalue weighted by atomic mass is 16.5. The Morgan fingerprint density at radius 2 is 1.87 bits per heavy atom. The summed E-state index contributed by atoms with van der Waals surface area (Å²) in [5.41, 5.74) is 2.15. The van der Waals surface area contributed by atoms with Crippen LogP contribution in [0.2, 0.25) is 0 Å². The third-order valence-corrected chi connectivity index (χ3v) is 5.41. The SMILES string of the molecule is CC(C)=CCC/C(C)=C/COc1cc(O)c2c(O)c3c(cc2c1)CC(C)(O)CC3=O. The number of rotatable bonds is 6. The molecule has 0 heterocycles. The number of hydrogen-bond donors (Lipinski definition) is 3. The first-order chi connectivity index (χ1) is 14.1. The van der Waals surface area contributed by atoms with Crippen molar-refractivity contribution in [1.29, 1.82) is 0 Å². The fourth-order valence-corrected chi connectivity index (χ4v) is 3.94. The Morgan fingerprint density at radius 3 is 2.57 bits per heavy atom. The van der Waals surface area contributed by atoms with Crippen molar-refractivity contribution in [3.8, 4) is 17.2 Å². The van der Waals surface area contributed by atoms with Crippen molar-refractivity contribution in [2.24, 2.45) is 0 Å². The summed E-state index contributed by atoms with van der Waals surface area (Å²) in [7, 11) is 0. The van der Waals surface area contributed by atoms with E-state index < -0.39 is 5.60 Å². The Hall–Kier alpha value is -2.79. The lowest BCUT2D eigenvalue weighted by atomic mass is 9.79. The van der Waals surface area contributed by atoms with Crippen molar-refractivity contribution in [1.82, 2.24) is 0 Å². The van der Waals surface area contributed by atoms with E-state index in [0.717, 1.165) is 12.8 Å². The quantitative estimate of drug-likeness (QED) is 0.570. The molecular weight excluding hydrogens is 380 g/mol. The van der Waals surface area contributed by atoms with E-state index in [1.54, 1.807) is 19.1 Å². The number of phenolic OH excluding ortho intramolecular Hbond substituents is 2. The highest BCUT2D eigenvalue weighted by molar-refractivity contribution is 6.09. The third kappa shape index (κ3) is 4.85. The number of benzene rings is 2. The van der Waals surface area contributed by atoms with Gasteiger partial charge in [0.2, 0.25) is 0 Å². The van der Waals surface area contributed by atoms with Gasteiger partial charge >= 0.3 is 0 Å². The summed E-state index contributed by atoms with van der Waals surface area (Å²) in [5.74, 6) is -0.227. The van der Waals surface area contributed by atoms with Crippen LogP contribution in [0.5, 0.6) is 17.2 Å². The van der Waals surface area contributed by atoms with E-state index in [2.05, 4.69) is 26.8 Å². The van der Waals surface area contributed by atoms with Crippen LogP contribution < -0.4 is 4.74 Å². The maximum atomic E-state index is 12.4. The number of aliphatic hydroxyl groups is 1. The second kappa shape index (κ2) is 8.52. The van der Waals surface area contributed by atoms with Gasteiger partial charge in [-0.25, -0.2) is 0 Å². The fraction of sp³-hybridized carbons (Fsp3) is 0.400. The maximum absolute atomic E-state index is 12.4. The second-order valence-electron chi connectivity index (χ2n) is 8.76. The van der Waals surface area contributed by atoms with Crippen LogP contribution in [0.15, 0.2) is 41.5 Å². The van der Waals surface area contributed by atoms with Gasteiger partial charge in [0.15, 0.2) is 5.78 Å². The van der Waals surface area contributed by atoms with Crippen LogP contribution in [-0.4, -0.2) is 33.3 Å². The zero-order valence-corrected chi connectivity index (χ0v) is 18.1. The number of carbonyl (C=O) groups is 1. The lowest BCUT2D eigenvalue weighted by Crippen LogP contribution is -2.35. The zero-order valence-electron chi connectivity index (χ0n) is 18.1. The van der Waals surface area contributed by atoms with E-state index in [-0.39, 0.29) is 41.1 Å². The second-order valence-corrected chi connectivity index (χ2v) is 8.76. The van der Waals surface area contributed by atoms with Crippen LogP contribution in [0, 0.1) is 0 Å². The number of hydrogen-bond acceptors (Lipinski definition) is 5. The molecule has 2 aromatic carbocycles. The molecule has 160 valence electrons. The topological polar surface area (TPSA) is 87.0 Å². The monoisotopic (exact) mass is 410 g/mol. The summed E-state index contributed by atoms with van der Waals surface area (Å²) in [4.78, 5) is 12.4. The molecule has 2 aromatic rings. The molecule has 0 fully saturated rings. The van der Waals surface area contributed by atoms with Crippen LogP contribution in [0.3, 0.4) is 0 Å². The highest BCUT2D eigenvalue weighted by Crippen LogP contribution is 2.43. The normalized spacial score (nSPS) is 19.0. The van der Waals surface area contributed by atoms with Gasteiger partial charge in [-0.3, -0.25) is 4.79 Å². The molecule has 1 atom stereocenters. The Balaban J connectivity index is 1.84. The molecule has 5 nitrogen and oxygen atoms in total. The predicted molar refractivity (Wildman–Crippen MR) is 118 cm³/mol. The summed E-state index contributed by atoms with van der Waals surface area (Å²) in [6.45, 7) is 8.21. The highest BCUT2D eigenvalue weighted by Gasteiger charge is 2.35. The average molecular weight is 411 g/mol. The first kappa shape index (κ1) is 21.9. The van der Waals surface area contributed by atoms with Gasteiger partial charge < -0.3 is 20.1 Å². The first-order valence-electron chi connectivity index (χ1n) is 10.3. The Bertz CT molecular complexity index is 1040. The smallest absolute Gasteiger partial charge is 0.169 e. The van der Waals surface area contributed by atoms with Gasteiger partial charge in [0.1, 0.15) is 23.9 Å². The molecular formula is C25H30O5. The van der Waals surface area contributed by atoms with E-state index in [1.807, 2.05) is 6.08 Å². The van der Waals surface area contributed by atoms with E-state index in [9.17, 15) is 20.1 Å². The van der Waals surface area contributed by atoms with Gasteiger partial charge in [-0.05, 0) is 69.7 Å². The Labute approximate surface area is 177 Å². The van der Waals surface area contributed by atoms with Crippen molar-refractivity contribution in [3.05, 3.63) is 52.6 Å². The minimum absolute atomic E-state index is 0.0552. The Morgan fingerprint density at radius 1 is 1.13 bits per heavy atom. The summed E-state index contributed by atoms with van der Waals surface area (Å²) < 4.78 is 5.79. The lowest BCUT2D eigenvalue weighted by molar-refractivity contribution is 0.0409. The molecule has 1 aliphatic rings. The molecule has 0 saturated heterocycles. The van der Waals surface area contributed by atoms with Gasteiger partial charge in [0, 0.05) is 18.9 Å². The largest absolute Gasteiger partial charge is 0.507 e. The first-order valence-corrected chi connectivity index (χ1v) is 10.3. The van der Waals surface area contributed by atoms with Crippen molar-refractivity contribution in [3.63, 3.8) is 0 Å². The van der Waals surface area contributed by atoms with Crippen molar-refractivity contribution in [2.45, 2.75) is 59.0 Å². The van der Waals surface area contributed by atoms with Crippen molar-refractivity contribution >= 4 is 16.6 Å². The van der Waals surface area contributed by atoms with E-state index in [0.29, 0.717) is 23.3 Å². The molecule has 1 unspecified atom stereocenters. The number of fused-ring (bicyclic) bond motifs is 2. The van der Waals surface area contributed by atoms with E-state index in [1.165, 1.54) is 17.2 Å². The van der Waals surface area contributed by atoms with Gasteiger partial charge in [0.25, 0.3) is 0 Å². The predicted octanol–water partition coefficient (Wildman–Crippen LogP) is 5.20. The van der Waals surface area contributed by atoms with Crippen molar-refractivity contribution < 1.29 is 24.9 Å². The molecule has 0 saturated carbocycles. The average Bonchev–Trinajstić information content (AvgIpc) is 2.59. The zero-order chi connectivity index (χ0) is 22.1. The number of phenols is 2. The lowest BCUT2D eigenvalue weighted by Gasteiger charge is -2.29. The summed E-state index contributed by atoms with van der Waals surface area (Å²) in [6, 6.07) is 4.92. The maximum Gasteiger partial charge on any atom is 0.169 e. The van der Waals surface area contributed by atoms with Gasteiger partial charge in [0.05, 0.1) is 16.6 Å². The summed E-state index contributed by atoms with van der Waals surface area (Å²) >= 11 is 0. The number of Topliss-reactive ketones (excluding diaryl/α,β-unsaturated/α-hetero) is 1. The van der Waals surface area contributed by atoms with Crippen LogP contribution in [0.4, 0.5) is 0 Å². The van der Waals surface area contributed by atoms with E-state index >= 15 is 0 Å². The third-order valence-electron chi connectivity index (χ3n) is 5.41. The Kier molecular flexibility index (Phi) is 6.22. The van der Waals surface area contributed by atoms with Gasteiger partial charge in [-0.2, -0.15) is 0 Å². The van der Waals surface area contributed by atoms with Crippen molar-refractivity contribution in [2.75, 3.05) is 6.61 Å². The number of aromatic hydroxyl groups is 2. The number of allylic oxidation sites excluding steroid dienone is 3. The molecule has 0 amide bonds. The van der Waals surface area contributed by atoms with Crippen LogP contribution in [0.25, 0.3) is 10.8 Å². The molecule has 0 aliphatic heterocycles. The molecule has 1 aliphatic carbocycles. The van der Waals surface area contributed by atoms with Crippen LogP contribution >= 0.6 is 0 Å². The van der Waals surface area contributed by atoms with Gasteiger partial charge in [-0.15, -0.1) is 0 Å². The number of ketones is 1. The number of ether oxygens (including phenoxy) is 1. The molecule has 3 N–H and O–H groups in total. The number of carbonyl (C=O) groups excluding carboxylic acids is 1. The molecule has 5 heteroatoms. The molecule has 0 aromatic heterocycles. The minimum Gasteiger partial charge on any atom is -0.507 e. The molecule has 0 radical (unpaired) electrons. The molecule has 30 heavy (non-hydrogen) atoms. The summed E-state index contributed by atoms with van der Waals surface area (Å²) in [5, 5.41) is 32.3. The van der Waals surface area contributed by atoms with Crippen LogP contribution in [-0.2, 0) is 6.42 Å². The van der Waals surface area contributed by atoms with Crippen LogP contribution in [0.1, 0.15) is 62.9 Å². The van der Waals surface area contributed by atoms with Gasteiger partial charge in [-0.1, -0.05) is 17.2 Å². The standard InChI is InChI=1S/C25H30O5/c1-15(2)6-5-7-16(3)8-9-30-19-11-17-10-18-13-25(4,29)14-21(27)23(18)24(28)22(17)20(26)12-19/h6,8,10-12,26,28-29H,5,7,9,13-14H2,1-4H3/b16-8+. The molecule has 3 rings (SSSR count). The molecule has 0 spiro atoms. The molecule has 0 bridgehead atoms. The summed E-state index contributed by atoms with van der Waals surface area (Å²) in [6.07, 6.45) is 6.38. The fourth-order valence-electron chi connectivity index (χ4n) is 3.94.